The lowest BCUT2D eigenvalue weighted by molar-refractivity contribution is -0.274. The van der Waals surface area contributed by atoms with Gasteiger partial charge in [0.25, 0.3) is 0 Å². The molecular weight excluding hydrogens is 593 g/mol. The number of urea groups is 1. The molecule has 2 heterocycles. The van der Waals surface area contributed by atoms with Crippen LogP contribution >= 0.6 is 11.8 Å². The predicted octanol–water partition coefficient (Wildman–Crippen LogP) is 7.05. The van der Waals surface area contributed by atoms with Gasteiger partial charge in [-0.25, -0.2) is 14.5 Å². The molecule has 13 heteroatoms. The molecule has 4 aromatic rings. The number of rotatable bonds is 8. The fraction of sp³-hybridized carbons (Fsp3) is 0.258. The van der Waals surface area contributed by atoms with Crippen LogP contribution in [0, 0.1) is 6.92 Å². The molecule has 1 aliphatic heterocycles. The maximum atomic E-state index is 12.8. The third kappa shape index (κ3) is 7.64. The summed E-state index contributed by atoms with van der Waals surface area (Å²) >= 11 is 1.23. The number of anilines is 2. The van der Waals surface area contributed by atoms with Gasteiger partial charge >= 0.3 is 12.4 Å². The van der Waals surface area contributed by atoms with Crippen molar-refractivity contribution in [1.82, 2.24) is 14.8 Å². The summed E-state index contributed by atoms with van der Waals surface area (Å²) in [6.45, 7) is 6.07. The molecule has 228 valence electrons. The number of amides is 3. The van der Waals surface area contributed by atoms with Gasteiger partial charge in [0, 0.05) is 12.1 Å². The van der Waals surface area contributed by atoms with Gasteiger partial charge in [-0.05, 0) is 78.4 Å². The number of ether oxygens (including phenoxy) is 1. The number of alkyl halides is 3. The van der Waals surface area contributed by atoms with Gasteiger partial charge < -0.3 is 10.1 Å². The summed E-state index contributed by atoms with van der Waals surface area (Å²) in [5.41, 5.74) is 4.86. The Balaban J connectivity index is 1.18. The highest BCUT2D eigenvalue weighted by Gasteiger charge is 2.33. The fourth-order valence-corrected chi connectivity index (χ4v) is 5.46. The van der Waals surface area contributed by atoms with Crippen molar-refractivity contribution in [1.29, 1.82) is 0 Å². The van der Waals surface area contributed by atoms with E-state index in [-0.39, 0.29) is 23.3 Å². The van der Waals surface area contributed by atoms with Crippen LogP contribution in [-0.4, -0.2) is 44.0 Å². The molecular formula is C31H29F3N6O3S. The molecule has 0 spiro atoms. The molecule has 1 saturated heterocycles. The van der Waals surface area contributed by atoms with E-state index in [1.807, 2.05) is 37.3 Å². The van der Waals surface area contributed by atoms with Crippen LogP contribution in [0.4, 0.5) is 29.3 Å². The summed E-state index contributed by atoms with van der Waals surface area (Å²) in [6, 6.07) is 18.0. The maximum absolute atomic E-state index is 12.8. The minimum atomic E-state index is -4.75. The van der Waals surface area contributed by atoms with E-state index >= 15 is 0 Å². The van der Waals surface area contributed by atoms with Gasteiger partial charge in [-0.15, -0.1) is 13.2 Å². The Morgan fingerprint density at radius 2 is 1.80 bits per heavy atom. The molecule has 1 aromatic heterocycles. The molecule has 9 nitrogen and oxygen atoms in total. The second-order valence-electron chi connectivity index (χ2n) is 10.4. The molecule has 44 heavy (non-hydrogen) atoms. The predicted molar refractivity (Wildman–Crippen MR) is 164 cm³/mol. The molecule has 1 fully saturated rings. The second-order valence-corrected chi connectivity index (χ2v) is 11.3. The van der Waals surface area contributed by atoms with E-state index in [9.17, 15) is 22.8 Å². The van der Waals surface area contributed by atoms with Crippen LogP contribution in [0.2, 0.25) is 0 Å². The zero-order valence-electron chi connectivity index (χ0n) is 24.1. The Bertz CT molecular complexity index is 1690. The van der Waals surface area contributed by atoms with Crippen molar-refractivity contribution in [2.45, 2.75) is 45.9 Å². The van der Waals surface area contributed by atoms with Crippen LogP contribution in [-0.2, 0) is 17.6 Å². The highest BCUT2D eigenvalue weighted by Crippen LogP contribution is 2.34. The minimum Gasteiger partial charge on any atom is -0.406 e. The van der Waals surface area contributed by atoms with Gasteiger partial charge in [0.1, 0.15) is 12.1 Å². The van der Waals surface area contributed by atoms with Gasteiger partial charge in [-0.2, -0.15) is 10.1 Å². The summed E-state index contributed by atoms with van der Waals surface area (Å²) in [6.07, 6.45) is -2.10. The smallest absolute Gasteiger partial charge is 0.406 e. The lowest BCUT2D eigenvalue weighted by Gasteiger charge is -2.22. The molecule has 0 bridgehead atoms. The van der Waals surface area contributed by atoms with Gasteiger partial charge in [0.15, 0.2) is 11.0 Å². The lowest BCUT2D eigenvalue weighted by Crippen LogP contribution is -2.31. The first-order valence-electron chi connectivity index (χ1n) is 13.8. The monoisotopic (exact) mass is 622 g/mol. The molecule has 3 amide bonds. The normalized spacial score (nSPS) is 14.5. The van der Waals surface area contributed by atoms with E-state index in [0.29, 0.717) is 35.2 Å². The number of aliphatic imine (C=N–C) groups is 1. The van der Waals surface area contributed by atoms with E-state index in [4.69, 9.17) is 0 Å². The third-order valence-electron chi connectivity index (χ3n) is 6.73. The van der Waals surface area contributed by atoms with E-state index < -0.39 is 12.4 Å². The summed E-state index contributed by atoms with van der Waals surface area (Å²) in [7, 11) is 0. The zero-order chi connectivity index (χ0) is 31.4. The molecule has 1 N–H and O–H groups in total. The van der Waals surface area contributed by atoms with Crippen LogP contribution < -0.4 is 15.0 Å². The quantitative estimate of drug-likeness (QED) is 0.226. The number of aromatic nitrogens is 3. The Morgan fingerprint density at radius 1 is 1.07 bits per heavy atom. The number of benzene rings is 3. The van der Waals surface area contributed by atoms with Crippen LogP contribution in [0.25, 0.3) is 5.69 Å². The van der Waals surface area contributed by atoms with Gasteiger partial charge in [0.05, 0.1) is 17.1 Å². The maximum Gasteiger partial charge on any atom is 0.573 e. The summed E-state index contributed by atoms with van der Waals surface area (Å²) in [4.78, 5) is 35.6. The molecule has 0 atom stereocenters. The first kappa shape index (κ1) is 30.8. The van der Waals surface area contributed by atoms with Crippen molar-refractivity contribution in [3.63, 3.8) is 0 Å². The van der Waals surface area contributed by atoms with Crippen molar-refractivity contribution >= 4 is 40.2 Å². The van der Waals surface area contributed by atoms with Gasteiger partial charge in [0.2, 0.25) is 5.91 Å². The van der Waals surface area contributed by atoms with Crippen LogP contribution in [0.5, 0.6) is 5.75 Å². The van der Waals surface area contributed by atoms with Crippen LogP contribution in [0.15, 0.2) is 78.0 Å². The van der Waals surface area contributed by atoms with Crippen LogP contribution in [0.1, 0.15) is 42.3 Å². The number of amidine groups is 1. The highest BCUT2D eigenvalue weighted by molar-refractivity contribution is 8.15. The Hall–Kier alpha value is -4.65. The summed E-state index contributed by atoms with van der Waals surface area (Å²) < 4.78 is 42.5. The molecule has 1 aliphatic rings. The number of nitrogens with one attached hydrogen (secondary N) is 1. The lowest BCUT2D eigenvalue weighted by atomic mass is 9.99. The highest BCUT2D eigenvalue weighted by atomic mass is 32.2. The van der Waals surface area contributed by atoms with Crippen molar-refractivity contribution in [3.8, 4) is 11.4 Å². The first-order valence-corrected chi connectivity index (χ1v) is 14.8. The van der Waals surface area contributed by atoms with Gasteiger partial charge in [-0.1, -0.05) is 49.9 Å². The number of thioether (sulfide) groups is 1. The van der Waals surface area contributed by atoms with Crippen molar-refractivity contribution in [2.24, 2.45) is 4.99 Å². The number of nitrogens with zero attached hydrogens (tertiary/aromatic N) is 5. The standard InChI is InChI=1S/C31H29F3N6O3S/c1-19(2)25-14-4-20(3)16-26(25)40-28(41)17-44-30(40)37-29(42)36-22-8-5-21(6-9-22)7-15-27-35-18-39(38-27)23-10-12-24(13-11-23)43-31(32,33)34/h4-6,8-14,16,18-19H,7,15,17H2,1-3H3,(H,36,42). The topological polar surface area (TPSA) is 102 Å². The number of carbonyl (C=O) groups excluding carboxylic acids is 2. The summed E-state index contributed by atoms with van der Waals surface area (Å²) in [5.74, 6) is 0.530. The van der Waals surface area contributed by atoms with Gasteiger partial charge in [-0.3, -0.25) is 9.69 Å². The molecule has 0 saturated carbocycles. The van der Waals surface area contributed by atoms with E-state index in [1.54, 1.807) is 12.1 Å². The van der Waals surface area contributed by atoms with Crippen molar-refractivity contribution in [2.75, 3.05) is 16.0 Å². The van der Waals surface area contributed by atoms with E-state index in [1.165, 1.54) is 51.9 Å². The van der Waals surface area contributed by atoms with E-state index in [0.717, 1.165) is 22.4 Å². The molecule has 5 rings (SSSR count). The Labute approximate surface area is 256 Å². The number of carbonyl (C=O) groups is 2. The second kappa shape index (κ2) is 12.9. The number of hydrogen-bond donors (Lipinski definition) is 1. The van der Waals surface area contributed by atoms with Crippen LogP contribution in [0.3, 0.4) is 0 Å². The largest absolute Gasteiger partial charge is 0.573 e. The number of aryl methyl sites for hydroxylation is 3. The minimum absolute atomic E-state index is 0.119. The summed E-state index contributed by atoms with van der Waals surface area (Å²) in [5, 5.41) is 7.51. The molecule has 0 unspecified atom stereocenters. The fourth-order valence-electron chi connectivity index (χ4n) is 4.60. The average Bonchev–Trinajstić information content (AvgIpc) is 3.58. The number of hydrogen-bond acceptors (Lipinski definition) is 6. The van der Waals surface area contributed by atoms with Crippen molar-refractivity contribution < 1.29 is 27.5 Å². The molecule has 0 radical (unpaired) electrons. The van der Waals surface area contributed by atoms with E-state index in [2.05, 4.69) is 39.0 Å². The molecule has 3 aromatic carbocycles. The zero-order valence-corrected chi connectivity index (χ0v) is 24.9. The average molecular weight is 623 g/mol. The Morgan fingerprint density at radius 3 is 2.48 bits per heavy atom. The Kier molecular flexibility index (Phi) is 9.04. The first-order chi connectivity index (χ1) is 20.9. The van der Waals surface area contributed by atoms with Crippen molar-refractivity contribution in [3.05, 3.63) is 95.6 Å². The SMILES string of the molecule is Cc1ccc(C(C)C)c(N2C(=O)CSC2=NC(=O)Nc2ccc(CCc3ncn(-c4ccc(OC(F)(F)F)cc4)n3)cc2)c1. The third-order valence-corrected chi connectivity index (χ3v) is 7.65. The number of halogens is 3. The molecule has 0 aliphatic carbocycles.